The highest BCUT2D eigenvalue weighted by atomic mass is 35.5. The van der Waals surface area contributed by atoms with E-state index in [1.807, 2.05) is 58.0 Å². The minimum Gasteiger partial charge on any atom is -0.368 e. The molecule has 1 amide bonds. The Bertz CT molecular complexity index is 1370. The molecule has 8 heteroatoms. The van der Waals surface area contributed by atoms with Crippen LogP contribution in [-0.2, 0) is 14.8 Å². The fraction of sp³-hybridized carbons (Fsp3) is 0.321. The SMILES string of the molecule is Cc1ccc(S(=O)(=O)N(CC(=O)N2CCN(c3cc(Cl)ccc3C)CC2)c2cccc(C)c2C)cc1. The summed E-state index contributed by atoms with van der Waals surface area (Å²) in [4.78, 5) is 17.6. The van der Waals surface area contributed by atoms with Gasteiger partial charge in [0.05, 0.1) is 10.6 Å². The molecule has 190 valence electrons. The third kappa shape index (κ3) is 5.37. The van der Waals surface area contributed by atoms with Crippen LogP contribution >= 0.6 is 11.6 Å². The van der Waals surface area contributed by atoms with E-state index in [1.165, 1.54) is 4.31 Å². The summed E-state index contributed by atoms with van der Waals surface area (Å²) in [6.45, 7) is 9.85. The number of rotatable bonds is 6. The number of nitrogens with zero attached hydrogens (tertiary/aromatic N) is 3. The topological polar surface area (TPSA) is 60.9 Å². The molecule has 1 aliphatic rings. The van der Waals surface area contributed by atoms with Crippen LogP contribution in [0.2, 0.25) is 5.02 Å². The standard InChI is InChI=1S/C28H32ClN3O3S/c1-20-8-12-25(13-9-20)36(34,35)32(26-7-5-6-21(2)23(26)4)19-28(33)31-16-14-30(15-17-31)27-18-24(29)11-10-22(27)3/h5-13,18H,14-17,19H2,1-4H3. The maximum Gasteiger partial charge on any atom is 0.264 e. The zero-order valence-corrected chi connectivity index (χ0v) is 22.7. The summed E-state index contributed by atoms with van der Waals surface area (Å²) in [5.74, 6) is -0.214. The van der Waals surface area contributed by atoms with Crippen LogP contribution < -0.4 is 9.21 Å². The molecule has 1 heterocycles. The van der Waals surface area contributed by atoms with E-state index in [1.54, 1.807) is 35.2 Å². The molecule has 6 nitrogen and oxygen atoms in total. The largest absolute Gasteiger partial charge is 0.368 e. The van der Waals surface area contributed by atoms with Gasteiger partial charge in [-0.2, -0.15) is 0 Å². The van der Waals surface area contributed by atoms with E-state index in [-0.39, 0.29) is 17.3 Å². The van der Waals surface area contributed by atoms with Crippen molar-refractivity contribution in [1.29, 1.82) is 0 Å². The lowest BCUT2D eigenvalue weighted by Crippen LogP contribution is -2.52. The first-order valence-corrected chi connectivity index (χ1v) is 13.8. The molecule has 0 atom stereocenters. The maximum atomic E-state index is 13.8. The van der Waals surface area contributed by atoms with E-state index in [2.05, 4.69) is 4.90 Å². The van der Waals surface area contributed by atoms with Crippen molar-refractivity contribution in [2.45, 2.75) is 32.6 Å². The van der Waals surface area contributed by atoms with Gasteiger partial charge in [-0.3, -0.25) is 9.10 Å². The monoisotopic (exact) mass is 525 g/mol. The summed E-state index contributed by atoms with van der Waals surface area (Å²) in [5.41, 5.74) is 5.49. The maximum absolute atomic E-state index is 13.8. The molecule has 0 saturated carbocycles. The summed E-state index contributed by atoms with van der Waals surface area (Å²) in [7, 11) is -3.95. The van der Waals surface area contributed by atoms with Gasteiger partial charge < -0.3 is 9.80 Å². The summed E-state index contributed by atoms with van der Waals surface area (Å²) in [6, 6.07) is 18.1. The molecule has 0 N–H and O–H groups in total. The zero-order chi connectivity index (χ0) is 26.0. The second-order valence-electron chi connectivity index (χ2n) is 9.34. The van der Waals surface area contributed by atoms with Crippen LogP contribution in [0.4, 0.5) is 11.4 Å². The molecule has 3 aromatic carbocycles. The van der Waals surface area contributed by atoms with Crippen molar-refractivity contribution in [3.63, 3.8) is 0 Å². The molecule has 1 fully saturated rings. The minimum atomic E-state index is -3.95. The first-order chi connectivity index (χ1) is 17.1. The first kappa shape index (κ1) is 26.0. The average Bonchev–Trinajstić information content (AvgIpc) is 2.86. The number of aryl methyl sites for hydroxylation is 3. The van der Waals surface area contributed by atoms with E-state index in [0.29, 0.717) is 36.9 Å². The van der Waals surface area contributed by atoms with Crippen LogP contribution in [0.3, 0.4) is 0 Å². The van der Waals surface area contributed by atoms with Crippen molar-refractivity contribution in [1.82, 2.24) is 4.90 Å². The van der Waals surface area contributed by atoms with Crippen molar-refractivity contribution >= 4 is 38.9 Å². The Labute approximate surface area is 219 Å². The normalized spacial score (nSPS) is 14.1. The van der Waals surface area contributed by atoms with E-state index >= 15 is 0 Å². The van der Waals surface area contributed by atoms with Gasteiger partial charge >= 0.3 is 0 Å². The Morgan fingerprint density at radius 1 is 0.889 bits per heavy atom. The predicted octanol–water partition coefficient (Wildman–Crippen LogP) is 5.12. The zero-order valence-electron chi connectivity index (χ0n) is 21.2. The number of carbonyl (C=O) groups excluding carboxylic acids is 1. The van der Waals surface area contributed by atoms with Crippen LogP contribution in [-0.4, -0.2) is 51.9 Å². The van der Waals surface area contributed by atoms with Crippen LogP contribution in [0, 0.1) is 27.7 Å². The quantitative estimate of drug-likeness (QED) is 0.448. The third-order valence-electron chi connectivity index (χ3n) is 6.88. The number of piperazine rings is 1. The number of anilines is 2. The van der Waals surface area contributed by atoms with Crippen molar-refractivity contribution in [2.75, 3.05) is 41.9 Å². The van der Waals surface area contributed by atoms with Crippen LogP contribution in [0.15, 0.2) is 65.6 Å². The number of benzene rings is 3. The fourth-order valence-electron chi connectivity index (χ4n) is 4.49. The number of sulfonamides is 1. The van der Waals surface area contributed by atoms with Crippen LogP contribution in [0.1, 0.15) is 22.3 Å². The molecule has 36 heavy (non-hydrogen) atoms. The minimum absolute atomic E-state index is 0.169. The lowest BCUT2D eigenvalue weighted by molar-refractivity contribution is -0.129. The van der Waals surface area contributed by atoms with Crippen LogP contribution in [0.5, 0.6) is 0 Å². The van der Waals surface area contributed by atoms with Gasteiger partial charge in [-0.1, -0.05) is 47.5 Å². The number of hydrogen-bond acceptors (Lipinski definition) is 4. The molecular formula is C28H32ClN3O3S. The highest BCUT2D eigenvalue weighted by molar-refractivity contribution is 7.92. The molecule has 4 rings (SSSR count). The van der Waals surface area contributed by atoms with Gasteiger partial charge in [-0.15, -0.1) is 0 Å². The molecule has 0 aliphatic carbocycles. The fourth-order valence-corrected chi connectivity index (χ4v) is 6.12. The summed E-state index contributed by atoms with van der Waals surface area (Å²) in [5, 5.41) is 0.680. The third-order valence-corrected chi connectivity index (χ3v) is 8.89. The number of carbonyl (C=O) groups is 1. The van der Waals surface area contributed by atoms with E-state index in [0.717, 1.165) is 27.9 Å². The summed E-state index contributed by atoms with van der Waals surface area (Å²) in [6.07, 6.45) is 0. The molecule has 1 saturated heterocycles. The highest BCUT2D eigenvalue weighted by Crippen LogP contribution is 2.29. The smallest absolute Gasteiger partial charge is 0.264 e. The molecule has 3 aromatic rings. The molecular weight excluding hydrogens is 494 g/mol. The van der Waals surface area contributed by atoms with Crippen molar-refractivity contribution in [3.05, 3.63) is 87.9 Å². The van der Waals surface area contributed by atoms with E-state index in [9.17, 15) is 13.2 Å². The average molecular weight is 526 g/mol. The number of amides is 1. The molecule has 1 aliphatic heterocycles. The highest BCUT2D eigenvalue weighted by Gasteiger charge is 2.31. The number of halogens is 1. The van der Waals surface area contributed by atoms with Gasteiger partial charge in [0.25, 0.3) is 10.0 Å². The van der Waals surface area contributed by atoms with E-state index < -0.39 is 10.0 Å². The Hall–Kier alpha value is -3.03. The van der Waals surface area contributed by atoms with Gasteiger partial charge in [0.2, 0.25) is 5.91 Å². The van der Waals surface area contributed by atoms with Gasteiger partial charge in [0.15, 0.2) is 0 Å². The Morgan fingerprint density at radius 3 is 2.22 bits per heavy atom. The summed E-state index contributed by atoms with van der Waals surface area (Å²) < 4.78 is 28.8. The molecule has 0 aromatic heterocycles. The first-order valence-electron chi connectivity index (χ1n) is 12.0. The van der Waals surface area contributed by atoms with Crippen molar-refractivity contribution in [2.24, 2.45) is 0 Å². The van der Waals surface area contributed by atoms with Gasteiger partial charge in [-0.25, -0.2) is 8.42 Å². The lowest BCUT2D eigenvalue weighted by atomic mass is 10.1. The van der Waals surface area contributed by atoms with Gasteiger partial charge in [-0.05, 0) is 74.7 Å². The lowest BCUT2D eigenvalue weighted by Gasteiger charge is -2.38. The van der Waals surface area contributed by atoms with Crippen LogP contribution in [0.25, 0.3) is 0 Å². The van der Waals surface area contributed by atoms with Crippen molar-refractivity contribution in [3.8, 4) is 0 Å². The molecule has 0 radical (unpaired) electrons. The molecule has 0 unspecified atom stereocenters. The van der Waals surface area contributed by atoms with Gasteiger partial charge in [0, 0.05) is 36.9 Å². The molecule has 0 spiro atoms. The second kappa shape index (κ2) is 10.5. The summed E-state index contributed by atoms with van der Waals surface area (Å²) >= 11 is 6.20. The Kier molecular flexibility index (Phi) is 7.62. The number of hydrogen-bond donors (Lipinski definition) is 0. The Morgan fingerprint density at radius 2 is 1.56 bits per heavy atom. The van der Waals surface area contributed by atoms with E-state index in [4.69, 9.17) is 11.6 Å². The van der Waals surface area contributed by atoms with Gasteiger partial charge in [0.1, 0.15) is 6.54 Å². The predicted molar refractivity (Wildman–Crippen MR) is 147 cm³/mol. The Balaban J connectivity index is 1.58. The second-order valence-corrected chi connectivity index (χ2v) is 11.6. The van der Waals surface area contributed by atoms with Crippen molar-refractivity contribution < 1.29 is 13.2 Å². The molecule has 0 bridgehead atoms.